The molecule has 1 amide bonds. The third-order valence-corrected chi connectivity index (χ3v) is 5.21. The van der Waals surface area contributed by atoms with E-state index < -0.39 is 6.36 Å². The van der Waals surface area contributed by atoms with Gasteiger partial charge in [-0.25, -0.2) is 4.98 Å². The van der Waals surface area contributed by atoms with Crippen molar-refractivity contribution < 1.29 is 22.7 Å². The van der Waals surface area contributed by atoms with Gasteiger partial charge in [-0.3, -0.25) is 4.79 Å². The van der Waals surface area contributed by atoms with Gasteiger partial charge in [0, 0.05) is 19.3 Å². The Bertz CT molecular complexity index is 799. The molecule has 9 heteroatoms. The van der Waals surface area contributed by atoms with E-state index in [-0.39, 0.29) is 18.2 Å². The Kier molecular flexibility index (Phi) is 4.55. The smallest absolute Gasteiger partial charge is 0.406 e. The second kappa shape index (κ2) is 6.88. The lowest BCUT2D eigenvalue weighted by atomic mass is 10.1. The van der Waals surface area contributed by atoms with Crippen LogP contribution >= 0.6 is 0 Å². The molecule has 1 saturated heterocycles. The van der Waals surface area contributed by atoms with Crippen LogP contribution in [-0.4, -0.2) is 46.8 Å². The van der Waals surface area contributed by atoms with Gasteiger partial charge in [0.2, 0.25) is 0 Å². The topological polar surface area (TPSA) is 70.2 Å². The molecular weight excluding hydrogens is 361 g/mol. The van der Waals surface area contributed by atoms with Gasteiger partial charge < -0.3 is 19.9 Å². The highest BCUT2D eigenvalue weighted by molar-refractivity contribution is 5.92. The van der Waals surface area contributed by atoms with Crippen LogP contribution in [0.1, 0.15) is 16.1 Å². The van der Waals surface area contributed by atoms with E-state index in [2.05, 4.69) is 20.0 Å². The van der Waals surface area contributed by atoms with Gasteiger partial charge >= 0.3 is 6.36 Å². The van der Waals surface area contributed by atoms with E-state index in [1.54, 1.807) is 11.0 Å². The second-order valence-electron chi connectivity index (χ2n) is 6.99. The number of nitrogens with zero attached hydrogens (tertiary/aromatic N) is 2. The fourth-order valence-corrected chi connectivity index (χ4v) is 3.89. The van der Waals surface area contributed by atoms with Gasteiger partial charge in [0.15, 0.2) is 0 Å². The fourth-order valence-electron chi connectivity index (χ4n) is 3.89. The summed E-state index contributed by atoms with van der Waals surface area (Å²) in [5.41, 5.74) is 0.867. The minimum Gasteiger partial charge on any atom is -0.406 e. The van der Waals surface area contributed by atoms with Gasteiger partial charge in [-0.05, 0) is 48.5 Å². The number of benzene rings is 1. The first-order chi connectivity index (χ1) is 12.9. The first-order valence-electron chi connectivity index (χ1n) is 8.74. The third kappa shape index (κ3) is 4.08. The standard InChI is InChI=1S/C18H19F3N4O2/c19-18(20,21)27-12-3-1-2-11(4-12)8-25(17(26)16-7-23-10-24-16)9-15-13-5-22-6-14(13)15/h1-4,7,10,13-15,22H,5-6,8-9H2,(H,23,24). The van der Waals surface area contributed by atoms with Crippen molar-refractivity contribution >= 4 is 5.91 Å². The molecule has 6 nitrogen and oxygen atoms in total. The maximum absolute atomic E-state index is 12.8. The number of H-pyrrole nitrogens is 1. The average Bonchev–Trinajstić information content (AvgIpc) is 3.06. The van der Waals surface area contributed by atoms with Crippen molar-refractivity contribution in [2.24, 2.45) is 17.8 Å². The molecule has 1 saturated carbocycles. The summed E-state index contributed by atoms with van der Waals surface area (Å²) in [6.45, 7) is 2.67. The van der Waals surface area contributed by atoms with Crippen molar-refractivity contribution in [2.75, 3.05) is 19.6 Å². The monoisotopic (exact) mass is 380 g/mol. The second-order valence-corrected chi connectivity index (χ2v) is 6.99. The van der Waals surface area contributed by atoms with Crippen LogP contribution in [-0.2, 0) is 6.54 Å². The fraction of sp³-hybridized carbons (Fsp3) is 0.444. The molecule has 2 heterocycles. The van der Waals surface area contributed by atoms with E-state index in [4.69, 9.17) is 0 Å². The van der Waals surface area contributed by atoms with E-state index in [0.717, 1.165) is 13.1 Å². The molecule has 27 heavy (non-hydrogen) atoms. The number of hydrogen-bond donors (Lipinski definition) is 2. The van der Waals surface area contributed by atoms with Gasteiger partial charge in [0.1, 0.15) is 11.4 Å². The lowest BCUT2D eigenvalue weighted by Crippen LogP contribution is -2.34. The van der Waals surface area contributed by atoms with Crippen molar-refractivity contribution in [3.8, 4) is 5.75 Å². The number of aromatic nitrogens is 2. The number of piperidine rings is 1. The molecule has 2 aromatic rings. The minimum absolute atomic E-state index is 0.199. The number of ether oxygens (including phenoxy) is 1. The Hall–Kier alpha value is -2.55. The lowest BCUT2D eigenvalue weighted by molar-refractivity contribution is -0.274. The summed E-state index contributed by atoms with van der Waals surface area (Å²) in [6.07, 6.45) is -1.80. The number of carbonyl (C=O) groups excluding carboxylic acids is 1. The highest BCUT2D eigenvalue weighted by atomic mass is 19.4. The number of carbonyl (C=O) groups is 1. The highest BCUT2D eigenvalue weighted by Crippen LogP contribution is 2.49. The van der Waals surface area contributed by atoms with Gasteiger partial charge in [-0.1, -0.05) is 12.1 Å². The Morgan fingerprint density at radius 2 is 2.07 bits per heavy atom. The Labute approximate surface area is 153 Å². The molecule has 2 N–H and O–H groups in total. The van der Waals surface area contributed by atoms with Crippen LogP contribution in [0.2, 0.25) is 0 Å². The zero-order valence-electron chi connectivity index (χ0n) is 14.4. The number of imidazole rings is 1. The van der Waals surface area contributed by atoms with Crippen LogP contribution in [0.4, 0.5) is 13.2 Å². The van der Waals surface area contributed by atoms with E-state index >= 15 is 0 Å². The number of rotatable bonds is 6. The Balaban J connectivity index is 1.50. The average molecular weight is 380 g/mol. The number of amides is 1. The van der Waals surface area contributed by atoms with E-state index in [1.807, 2.05) is 0 Å². The molecule has 0 bridgehead atoms. The molecule has 2 atom stereocenters. The number of alkyl halides is 3. The summed E-state index contributed by atoms with van der Waals surface area (Å²) in [4.78, 5) is 21.3. The van der Waals surface area contributed by atoms with Crippen molar-refractivity contribution in [3.63, 3.8) is 0 Å². The zero-order valence-corrected chi connectivity index (χ0v) is 14.4. The van der Waals surface area contributed by atoms with Crippen LogP contribution < -0.4 is 10.1 Å². The van der Waals surface area contributed by atoms with E-state index in [0.29, 0.717) is 35.6 Å². The molecule has 144 valence electrons. The van der Waals surface area contributed by atoms with Crippen molar-refractivity contribution in [3.05, 3.63) is 48.0 Å². The lowest BCUT2D eigenvalue weighted by Gasteiger charge is -2.23. The predicted molar refractivity (Wildman–Crippen MR) is 89.8 cm³/mol. The van der Waals surface area contributed by atoms with Gasteiger partial charge in [0.25, 0.3) is 5.91 Å². The summed E-state index contributed by atoms with van der Waals surface area (Å²) in [5, 5.41) is 3.32. The molecule has 1 aliphatic heterocycles. The normalized spacial score (nSPS) is 23.7. The molecule has 4 rings (SSSR count). The molecule has 0 radical (unpaired) electrons. The summed E-state index contributed by atoms with van der Waals surface area (Å²) >= 11 is 0. The largest absolute Gasteiger partial charge is 0.573 e. The molecule has 2 aliphatic rings. The number of fused-ring (bicyclic) bond motifs is 1. The third-order valence-electron chi connectivity index (χ3n) is 5.21. The van der Waals surface area contributed by atoms with Crippen molar-refractivity contribution in [1.29, 1.82) is 0 Å². The quantitative estimate of drug-likeness (QED) is 0.808. The number of aromatic amines is 1. The van der Waals surface area contributed by atoms with Crippen LogP contribution in [0.3, 0.4) is 0 Å². The first kappa shape index (κ1) is 17.8. The van der Waals surface area contributed by atoms with Gasteiger partial charge in [0.05, 0.1) is 6.33 Å². The Morgan fingerprint density at radius 1 is 1.30 bits per heavy atom. The maximum atomic E-state index is 12.8. The van der Waals surface area contributed by atoms with Gasteiger partial charge in [-0.2, -0.15) is 0 Å². The van der Waals surface area contributed by atoms with E-state index in [9.17, 15) is 18.0 Å². The first-order valence-corrected chi connectivity index (χ1v) is 8.74. The molecule has 0 spiro atoms. The minimum atomic E-state index is -4.75. The van der Waals surface area contributed by atoms with Crippen LogP contribution in [0.5, 0.6) is 5.75 Å². The van der Waals surface area contributed by atoms with Crippen LogP contribution in [0.25, 0.3) is 0 Å². The van der Waals surface area contributed by atoms with E-state index in [1.165, 1.54) is 30.7 Å². The molecule has 2 unspecified atom stereocenters. The number of nitrogens with one attached hydrogen (secondary N) is 2. The SMILES string of the molecule is O=C(c1c[nH]cn1)N(Cc1cccc(OC(F)(F)F)c1)CC1C2CNCC21. The van der Waals surface area contributed by atoms with Crippen molar-refractivity contribution in [1.82, 2.24) is 20.2 Å². The Morgan fingerprint density at radius 3 is 2.74 bits per heavy atom. The molecular formula is C18H19F3N4O2. The van der Waals surface area contributed by atoms with Gasteiger partial charge in [-0.15, -0.1) is 13.2 Å². The molecule has 1 aromatic heterocycles. The number of halogens is 3. The summed E-state index contributed by atoms with van der Waals surface area (Å²) in [7, 11) is 0. The van der Waals surface area contributed by atoms with Crippen molar-refractivity contribution in [2.45, 2.75) is 12.9 Å². The summed E-state index contributed by atoms with van der Waals surface area (Å²) in [6, 6.07) is 5.73. The highest BCUT2D eigenvalue weighted by Gasteiger charge is 2.53. The van der Waals surface area contributed by atoms with Crippen LogP contribution in [0.15, 0.2) is 36.8 Å². The summed E-state index contributed by atoms with van der Waals surface area (Å²) < 4.78 is 41.4. The van der Waals surface area contributed by atoms with Crippen LogP contribution in [0, 0.1) is 17.8 Å². The molecule has 1 aliphatic carbocycles. The summed E-state index contributed by atoms with van der Waals surface area (Å²) in [5.74, 6) is 1.03. The maximum Gasteiger partial charge on any atom is 0.573 e. The predicted octanol–water partition coefficient (Wildman–Crippen LogP) is 2.42. The number of hydrogen-bond acceptors (Lipinski definition) is 4. The molecule has 1 aromatic carbocycles. The molecule has 2 fully saturated rings. The zero-order chi connectivity index (χ0) is 19.0.